The molecule has 0 aromatic carbocycles. The van der Waals surface area contributed by atoms with Crippen LogP contribution in [-0.2, 0) is 0 Å². The van der Waals surface area contributed by atoms with E-state index in [1.54, 1.807) is 12.4 Å². The molecule has 1 fully saturated rings. The van der Waals surface area contributed by atoms with E-state index >= 15 is 0 Å². The molecule has 80 valence electrons. The fourth-order valence-electron chi connectivity index (χ4n) is 1.33. The zero-order chi connectivity index (χ0) is 10.7. The molecule has 1 aromatic rings. The van der Waals surface area contributed by atoms with Crippen LogP contribution < -0.4 is 10.5 Å². The first-order valence-corrected chi connectivity index (χ1v) is 5.17. The lowest BCUT2D eigenvalue weighted by atomic mass is 9.96. The van der Waals surface area contributed by atoms with Crippen molar-refractivity contribution in [3.8, 4) is 5.88 Å². The zero-order valence-electron chi connectivity index (χ0n) is 8.81. The Hall–Kier alpha value is -1.58. The molecule has 4 nitrogen and oxygen atoms in total. The largest absolute Gasteiger partial charge is 0.473 e. The van der Waals surface area contributed by atoms with Crippen molar-refractivity contribution in [1.29, 1.82) is 0 Å². The van der Waals surface area contributed by atoms with Gasteiger partial charge in [0, 0.05) is 0 Å². The minimum absolute atomic E-state index is 0.344. The van der Waals surface area contributed by atoms with Crippen LogP contribution in [0.2, 0.25) is 0 Å². The zero-order valence-corrected chi connectivity index (χ0v) is 8.81. The van der Waals surface area contributed by atoms with Gasteiger partial charge in [-0.25, -0.2) is 9.97 Å². The Morgan fingerprint density at radius 3 is 2.73 bits per heavy atom. The molecular formula is C11H15N3O. The predicted molar refractivity (Wildman–Crippen MR) is 58.1 cm³/mol. The summed E-state index contributed by atoms with van der Waals surface area (Å²) in [6.45, 7) is 1.90. The summed E-state index contributed by atoms with van der Waals surface area (Å²) in [4.78, 5) is 8.41. The fraction of sp³-hybridized carbons (Fsp3) is 0.455. The van der Waals surface area contributed by atoms with Crippen LogP contribution >= 0.6 is 0 Å². The Balaban J connectivity index is 2.03. The van der Waals surface area contributed by atoms with Crippen molar-refractivity contribution >= 4 is 5.57 Å². The molecule has 1 heterocycles. The molecule has 2 rings (SSSR count). The molecule has 0 spiro atoms. The fourth-order valence-corrected chi connectivity index (χ4v) is 1.33. The Kier molecular flexibility index (Phi) is 2.85. The average Bonchev–Trinajstić information content (AvgIpc) is 2.23. The number of rotatable bonds is 3. The summed E-state index contributed by atoms with van der Waals surface area (Å²) in [5.41, 5.74) is 7.10. The van der Waals surface area contributed by atoms with Gasteiger partial charge < -0.3 is 10.5 Å². The molecule has 0 radical (unpaired) electrons. The van der Waals surface area contributed by atoms with Gasteiger partial charge in [-0.2, -0.15) is 0 Å². The number of aromatic nitrogens is 2. The maximum atomic E-state index is 5.59. The van der Waals surface area contributed by atoms with Crippen LogP contribution in [-0.4, -0.2) is 16.1 Å². The summed E-state index contributed by atoms with van der Waals surface area (Å²) in [7, 11) is 0. The van der Waals surface area contributed by atoms with E-state index in [0.29, 0.717) is 12.0 Å². The van der Waals surface area contributed by atoms with Crippen molar-refractivity contribution < 1.29 is 4.74 Å². The quantitative estimate of drug-likeness (QED) is 0.816. The molecule has 1 aliphatic rings. The maximum absolute atomic E-state index is 5.59. The highest BCUT2D eigenvalue weighted by atomic mass is 16.5. The highest BCUT2D eigenvalue weighted by Crippen LogP contribution is 2.23. The van der Waals surface area contributed by atoms with Gasteiger partial charge >= 0.3 is 0 Å². The van der Waals surface area contributed by atoms with E-state index in [1.165, 1.54) is 12.6 Å². The molecule has 0 saturated heterocycles. The second-order valence-electron chi connectivity index (χ2n) is 3.76. The van der Waals surface area contributed by atoms with Crippen LogP contribution in [0.15, 0.2) is 18.6 Å². The van der Waals surface area contributed by atoms with Crippen molar-refractivity contribution in [1.82, 2.24) is 9.97 Å². The summed E-state index contributed by atoms with van der Waals surface area (Å²) in [5, 5.41) is 0. The van der Waals surface area contributed by atoms with Crippen LogP contribution in [0, 0.1) is 0 Å². The SMILES string of the molecule is C/C(=C/N)c1cnc(OC2CCC2)cn1. The molecule has 0 atom stereocenters. The molecule has 4 heteroatoms. The lowest BCUT2D eigenvalue weighted by molar-refractivity contribution is 0.114. The summed E-state index contributed by atoms with van der Waals surface area (Å²) in [5.74, 6) is 0.605. The number of hydrogen-bond donors (Lipinski definition) is 1. The molecule has 0 unspecified atom stereocenters. The van der Waals surface area contributed by atoms with Crippen LogP contribution in [0.4, 0.5) is 0 Å². The lowest BCUT2D eigenvalue weighted by Crippen LogP contribution is -2.25. The van der Waals surface area contributed by atoms with Crippen molar-refractivity contribution in [3.63, 3.8) is 0 Å². The first-order valence-electron chi connectivity index (χ1n) is 5.17. The normalized spacial score (nSPS) is 17.3. The standard InChI is InChI=1S/C11H15N3O/c1-8(5-12)10-6-14-11(7-13-10)15-9-3-2-4-9/h5-7,9H,2-4,12H2,1H3/b8-5-. The van der Waals surface area contributed by atoms with E-state index in [0.717, 1.165) is 24.1 Å². The van der Waals surface area contributed by atoms with Gasteiger partial charge in [-0.1, -0.05) is 0 Å². The third kappa shape index (κ3) is 2.26. The Morgan fingerprint density at radius 1 is 1.47 bits per heavy atom. The third-order valence-corrected chi connectivity index (χ3v) is 2.62. The number of nitrogens with two attached hydrogens (primary N) is 1. The van der Waals surface area contributed by atoms with Gasteiger partial charge in [0.15, 0.2) is 0 Å². The van der Waals surface area contributed by atoms with E-state index in [4.69, 9.17) is 10.5 Å². The van der Waals surface area contributed by atoms with Crippen LogP contribution in [0.1, 0.15) is 31.9 Å². The van der Waals surface area contributed by atoms with E-state index in [-0.39, 0.29) is 0 Å². The highest BCUT2D eigenvalue weighted by Gasteiger charge is 2.19. The second-order valence-corrected chi connectivity index (χ2v) is 3.76. The van der Waals surface area contributed by atoms with Crippen LogP contribution in [0.3, 0.4) is 0 Å². The van der Waals surface area contributed by atoms with Gasteiger partial charge in [-0.15, -0.1) is 0 Å². The number of ether oxygens (including phenoxy) is 1. The number of hydrogen-bond acceptors (Lipinski definition) is 4. The second kappa shape index (κ2) is 4.29. The van der Waals surface area contributed by atoms with Crippen molar-refractivity contribution in [2.75, 3.05) is 0 Å². The minimum atomic E-state index is 0.344. The van der Waals surface area contributed by atoms with Gasteiger partial charge in [0.1, 0.15) is 6.10 Å². The van der Waals surface area contributed by atoms with Gasteiger partial charge in [0.25, 0.3) is 0 Å². The molecule has 0 bridgehead atoms. The lowest BCUT2D eigenvalue weighted by Gasteiger charge is -2.25. The molecule has 1 saturated carbocycles. The van der Waals surface area contributed by atoms with Gasteiger partial charge in [0.2, 0.25) is 5.88 Å². The van der Waals surface area contributed by atoms with Gasteiger partial charge in [-0.3, -0.25) is 0 Å². The Morgan fingerprint density at radius 2 is 2.27 bits per heavy atom. The van der Waals surface area contributed by atoms with Crippen LogP contribution in [0.5, 0.6) is 5.88 Å². The van der Waals surface area contributed by atoms with Crippen molar-refractivity contribution in [2.45, 2.75) is 32.3 Å². The average molecular weight is 205 g/mol. The number of nitrogens with zero attached hydrogens (tertiary/aromatic N) is 2. The molecular weight excluding hydrogens is 190 g/mol. The molecule has 1 aromatic heterocycles. The maximum Gasteiger partial charge on any atom is 0.232 e. The molecule has 0 aliphatic heterocycles. The molecule has 15 heavy (non-hydrogen) atoms. The summed E-state index contributed by atoms with van der Waals surface area (Å²) in [6.07, 6.45) is 8.72. The van der Waals surface area contributed by atoms with Crippen molar-refractivity contribution in [3.05, 3.63) is 24.3 Å². The van der Waals surface area contributed by atoms with Gasteiger partial charge in [-0.05, 0) is 38.0 Å². The first-order chi connectivity index (χ1) is 7.29. The summed E-state index contributed by atoms with van der Waals surface area (Å²) in [6, 6.07) is 0. The first kappa shape index (κ1) is 9.96. The minimum Gasteiger partial charge on any atom is -0.473 e. The Labute approximate surface area is 89.2 Å². The molecule has 2 N–H and O–H groups in total. The summed E-state index contributed by atoms with van der Waals surface area (Å²) < 4.78 is 5.59. The third-order valence-electron chi connectivity index (χ3n) is 2.62. The topological polar surface area (TPSA) is 61.0 Å². The monoisotopic (exact) mass is 205 g/mol. The van der Waals surface area contributed by atoms with Crippen molar-refractivity contribution in [2.24, 2.45) is 5.73 Å². The van der Waals surface area contributed by atoms with Gasteiger partial charge in [0.05, 0.1) is 18.1 Å². The molecule has 1 aliphatic carbocycles. The predicted octanol–water partition coefficient (Wildman–Crippen LogP) is 1.73. The van der Waals surface area contributed by atoms with Crippen LogP contribution in [0.25, 0.3) is 5.57 Å². The van der Waals surface area contributed by atoms with E-state index < -0.39 is 0 Å². The van der Waals surface area contributed by atoms with E-state index in [2.05, 4.69) is 9.97 Å². The Bertz CT molecular complexity index is 355. The number of allylic oxidation sites excluding steroid dienone is 1. The molecule has 0 amide bonds. The summed E-state index contributed by atoms with van der Waals surface area (Å²) >= 11 is 0. The smallest absolute Gasteiger partial charge is 0.232 e. The van der Waals surface area contributed by atoms with E-state index in [1.807, 2.05) is 6.92 Å². The highest BCUT2D eigenvalue weighted by molar-refractivity contribution is 5.58. The van der Waals surface area contributed by atoms with E-state index in [9.17, 15) is 0 Å².